The Labute approximate surface area is 154 Å². The number of carboxylic acids is 1. The van der Waals surface area contributed by atoms with Crippen molar-refractivity contribution in [2.45, 2.75) is 6.92 Å². The molecule has 3 rings (SSSR count). The van der Waals surface area contributed by atoms with Gasteiger partial charge in [-0.1, -0.05) is 48.0 Å². The molecule has 0 saturated heterocycles. The van der Waals surface area contributed by atoms with Gasteiger partial charge in [0.1, 0.15) is 5.69 Å². The highest BCUT2D eigenvalue weighted by Crippen LogP contribution is 2.30. The minimum Gasteiger partial charge on any atom is -0.478 e. The Balaban J connectivity index is 2.26. The van der Waals surface area contributed by atoms with Gasteiger partial charge >= 0.3 is 11.9 Å². The number of aromatic nitrogens is 1. The van der Waals surface area contributed by atoms with E-state index in [1.807, 2.05) is 0 Å². The number of ether oxygens (including phenoxy) is 1. The van der Waals surface area contributed by atoms with Crippen molar-refractivity contribution in [1.82, 2.24) is 4.98 Å². The first kappa shape index (κ1) is 17.8. The molecule has 0 atom stereocenters. The molecule has 26 heavy (non-hydrogen) atoms. The van der Waals surface area contributed by atoms with E-state index in [1.165, 1.54) is 6.08 Å². The molecule has 0 spiro atoms. The fraction of sp³-hybridized carbons (Fsp3) is 0.100. The van der Waals surface area contributed by atoms with Crippen LogP contribution in [-0.2, 0) is 9.53 Å². The van der Waals surface area contributed by atoms with Crippen molar-refractivity contribution in [3.05, 3.63) is 70.4 Å². The van der Waals surface area contributed by atoms with Gasteiger partial charge in [-0.25, -0.2) is 9.59 Å². The van der Waals surface area contributed by atoms with Gasteiger partial charge in [0.25, 0.3) is 0 Å². The van der Waals surface area contributed by atoms with E-state index in [0.29, 0.717) is 27.1 Å². The van der Waals surface area contributed by atoms with Crippen LogP contribution in [0.4, 0.5) is 0 Å². The summed E-state index contributed by atoms with van der Waals surface area (Å²) in [5, 5.41) is 10.9. The number of aliphatic carboxylic acids is 1. The summed E-state index contributed by atoms with van der Waals surface area (Å²) in [5.41, 5.74) is 1.89. The van der Waals surface area contributed by atoms with Crippen LogP contribution in [0.15, 0.2) is 48.5 Å². The standard InChI is InChI=1S/C20H16ClNO4/c1-2-26-20(25)18-16(14-9-8-13(21)10-17(14)22-18)11-15(19(23)24)12-6-4-3-5-7-12/h3-11,22H,2H2,1H3,(H,23,24)/b15-11-. The zero-order chi connectivity index (χ0) is 18.7. The summed E-state index contributed by atoms with van der Waals surface area (Å²) in [6, 6.07) is 13.8. The quantitative estimate of drug-likeness (QED) is 0.508. The number of benzene rings is 2. The molecule has 0 aliphatic carbocycles. The third kappa shape index (κ3) is 3.48. The third-order valence-corrected chi connectivity index (χ3v) is 4.12. The lowest BCUT2D eigenvalue weighted by molar-refractivity contribution is -0.130. The predicted octanol–water partition coefficient (Wildman–Crippen LogP) is 4.62. The van der Waals surface area contributed by atoms with Gasteiger partial charge in [-0.15, -0.1) is 0 Å². The Morgan fingerprint density at radius 2 is 1.92 bits per heavy atom. The van der Waals surface area contributed by atoms with Crippen molar-refractivity contribution in [1.29, 1.82) is 0 Å². The van der Waals surface area contributed by atoms with E-state index < -0.39 is 11.9 Å². The third-order valence-electron chi connectivity index (χ3n) is 3.88. The summed E-state index contributed by atoms with van der Waals surface area (Å²) < 4.78 is 5.10. The molecule has 5 nitrogen and oxygen atoms in total. The Hall–Kier alpha value is -3.05. The normalized spacial score (nSPS) is 11.5. The molecule has 0 amide bonds. The molecule has 0 saturated carbocycles. The molecule has 132 valence electrons. The van der Waals surface area contributed by atoms with Crippen molar-refractivity contribution in [2.75, 3.05) is 6.61 Å². The van der Waals surface area contributed by atoms with Crippen molar-refractivity contribution in [3.63, 3.8) is 0 Å². The first-order chi connectivity index (χ1) is 12.5. The van der Waals surface area contributed by atoms with E-state index >= 15 is 0 Å². The monoisotopic (exact) mass is 369 g/mol. The van der Waals surface area contributed by atoms with Crippen LogP contribution in [0, 0.1) is 0 Å². The van der Waals surface area contributed by atoms with Crippen LogP contribution < -0.4 is 0 Å². The average molecular weight is 370 g/mol. The van der Waals surface area contributed by atoms with Crippen LogP contribution in [-0.4, -0.2) is 28.6 Å². The molecular weight excluding hydrogens is 354 g/mol. The molecule has 0 fully saturated rings. The van der Waals surface area contributed by atoms with Crippen LogP contribution >= 0.6 is 11.6 Å². The second-order valence-electron chi connectivity index (χ2n) is 5.55. The van der Waals surface area contributed by atoms with Gasteiger partial charge < -0.3 is 14.8 Å². The summed E-state index contributed by atoms with van der Waals surface area (Å²) in [4.78, 5) is 27.1. The number of nitrogens with one attached hydrogen (secondary N) is 1. The van der Waals surface area contributed by atoms with Crippen LogP contribution in [0.2, 0.25) is 5.02 Å². The maximum absolute atomic E-state index is 12.3. The Bertz CT molecular complexity index is 1010. The van der Waals surface area contributed by atoms with Gasteiger partial charge in [0.15, 0.2) is 0 Å². The van der Waals surface area contributed by atoms with Gasteiger partial charge in [-0.3, -0.25) is 0 Å². The topological polar surface area (TPSA) is 79.4 Å². The van der Waals surface area contributed by atoms with E-state index in [0.717, 1.165) is 0 Å². The number of aromatic amines is 1. The summed E-state index contributed by atoms with van der Waals surface area (Å²) in [6.45, 7) is 1.92. The van der Waals surface area contributed by atoms with Gasteiger partial charge in [0, 0.05) is 21.5 Å². The maximum Gasteiger partial charge on any atom is 0.355 e. The number of rotatable bonds is 5. The second-order valence-corrected chi connectivity index (χ2v) is 5.99. The summed E-state index contributed by atoms with van der Waals surface area (Å²) in [5.74, 6) is -1.64. The number of halogens is 1. The largest absolute Gasteiger partial charge is 0.478 e. The molecular formula is C20H16ClNO4. The van der Waals surface area contributed by atoms with Crippen molar-refractivity contribution in [3.8, 4) is 0 Å². The Morgan fingerprint density at radius 3 is 2.58 bits per heavy atom. The van der Waals surface area contributed by atoms with Gasteiger partial charge in [-0.05, 0) is 30.7 Å². The zero-order valence-corrected chi connectivity index (χ0v) is 14.7. The van der Waals surface area contributed by atoms with E-state index in [4.69, 9.17) is 16.3 Å². The summed E-state index contributed by atoms with van der Waals surface area (Å²) in [7, 11) is 0. The van der Waals surface area contributed by atoms with E-state index in [1.54, 1.807) is 55.5 Å². The average Bonchev–Trinajstić information content (AvgIpc) is 2.97. The van der Waals surface area contributed by atoms with E-state index in [9.17, 15) is 14.7 Å². The highest BCUT2D eigenvalue weighted by atomic mass is 35.5. The molecule has 0 bridgehead atoms. The van der Waals surface area contributed by atoms with E-state index in [-0.39, 0.29) is 17.9 Å². The van der Waals surface area contributed by atoms with Crippen LogP contribution in [0.1, 0.15) is 28.5 Å². The molecule has 1 heterocycles. The number of fused-ring (bicyclic) bond motifs is 1. The number of carbonyl (C=O) groups excluding carboxylic acids is 1. The fourth-order valence-electron chi connectivity index (χ4n) is 2.74. The van der Waals surface area contributed by atoms with Gasteiger partial charge in [-0.2, -0.15) is 0 Å². The van der Waals surface area contributed by atoms with Crippen molar-refractivity contribution < 1.29 is 19.4 Å². The lowest BCUT2D eigenvalue weighted by atomic mass is 10.0. The second kappa shape index (κ2) is 7.45. The van der Waals surface area contributed by atoms with E-state index in [2.05, 4.69) is 4.98 Å². The number of hydrogen-bond donors (Lipinski definition) is 2. The van der Waals surface area contributed by atoms with Crippen LogP contribution in [0.25, 0.3) is 22.6 Å². The lowest BCUT2D eigenvalue weighted by Gasteiger charge is -2.05. The molecule has 3 aromatic rings. The molecule has 2 aromatic carbocycles. The molecule has 0 unspecified atom stereocenters. The number of esters is 1. The number of carboxylic acid groups (broad SMARTS) is 1. The summed E-state index contributed by atoms with van der Waals surface area (Å²) >= 11 is 6.03. The number of H-pyrrole nitrogens is 1. The number of carbonyl (C=O) groups is 2. The fourth-order valence-corrected chi connectivity index (χ4v) is 2.91. The smallest absolute Gasteiger partial charge is 0.355 e. The molecule has 0 aliphatic rings. The lowest BCUT2D eigenvalue weighted by Crippen LogP contribution is -2.07. The maximum atomic E-state index is 12.3. The zero-order valence-electron chi connectivity index (χ0n) is 14.0. The van der Waals surface area contributed by atoms with Crippen molar-refractivity contribution in [2.24, 2.45) is 0 Å². The van der Waals surface area contributed by atoms with Crippen molar-refractivity contribution >= 4 is 46.1 Å². The minimum atomic E-state index is -1.09. The number of hydrogen-bond acceptors (Lipinski definition) is 3. The molecule has 0 radical (unpaired) electrons. The molecule has 2 N–H and O–H groups in total. The van der Waals surface area contributed by atoms with Crippen LogP contribution in [0.5, 0.6) is 0 Å². The first-order valence-corrected chi connectivity index (χ1v) is 8.37. The molecule has 6 heteroatoms. The molecule has 0 aliphatic heterocycles. The Kier molecular flexibility index (Phi) is 5.09. The molecule has 1 aromatic heterocycles. The summed E-state index contributed by atoms with van der Waals surface area (Å²) in [6.07, 6.45) is 1.48. The SMILES string of the molecule is CCOC(=O)c1[nH]c2cc(Cl)ccc2c1/C=C(\C(=O)O)c1ccccc1. The van der Waals surface area contributed by atoms with Gasteiger partial charge in [0.05, 0.1) is 12.2 Å². The first-order valence-electron chi connectivity index (χ1n) is 8.00. The Morgan fingerprint density at radius 1 is 1.19 bits per heavy atom. The highest BCUT2D eigenvalue weighted by molar-refractivity contribution is 6.31. The predicted molar refractivity (Wildman–Crippen MR) is 101 cm³/mol. The van der Waals surface area contributed by atoms with Crippen LogP contribution in [0.3, 0.4) is 0 Å². The van der Waals surface area contributed by atoms with Gasteiger partial charge in [0.2, 0.25) is 0 Å². The minimum absolute atomic E-state index is 0.0759. The highest BCUT2D eigenvalue weighted by Gasteiger charge is 2.20.